The number of nitrogen functional groups attached to an aromatic ring is 1. The summed E-state index contributed by atoms with van der Waals surface area (Å²) in [5.41, 5.74) is 12.2. The van der Waals surface area contributed by atoms with Gasteiger partial charge in [-0.15, -0.1) is 0 Å². The van der Waals surface area contributed by atoms with Gasteiger partial charge in [-0.2, -0.15) is 11.3 Å². The first-order valence-corrected chi connectivity index (χ1v) is 6.83. The van der Waals surface area contributed by atoms with E-state index in [9.17, 15) is 0 Å². The molecule has 0 bridgehead atoms. The van der Waals surface area contributed by atoms with Crippen LogP contribution < -0.4 is 10.6 Å². The smallest absolute Gasteiger partial charge is 0.0437 e. The van der Waals surface area contributed by atoms with E-state index in [0.29, 0.717) is 0 Å². The van der Waals surface area contributed by atoms with Gasteiger partial charge in [0.1, 0.15) is 0 Å². The third kappa shape index (κ3) is 1.91. The molecule has 1 aromatic carbocycles. The summed E-state index contributed by atoms with van der Waals surface area (Å²) in [5.74, 6) is 0. The Hall–Kier alpha value is -1.48. The fraction of sp³-hybridized carbons (Fsp3) is 0.286. The lowest BCUT2D eigenvalue weighted by atomic mass is 10.1. The summed E-state index contributed by atoms with van der Waals surface area (Å²) < 4.78 is 0. The molecule has 1 aromatic heterocycles. The maximum atomic E-state index is 6.00. The van der Waals surface area contributed by atoms with Crippen LogP contribution in [0, 0.1) is 6.92 Å². The number of benzene rings is 1. The SMILES string of the molecule is Cc1cc2c(cc1N)N(Cc1ccsc1)CC2. The number of rotatable bonds is 2. The number of nitrogens with zero attached hydrogens (tertiary/aromatic N) is 1. The van der Waals surface area contributed by atoms with E-state index in [2.05, 4.69) is 40.8 Å². The van der Waals surface area contributed by atoms with Crippen molar-refractivity contribution < 1.29 is 0 Å². The number of thiophene rings is 1. The van der Waals surface area contributed by atoms with Crippen LogP contribution in [-0.4, -0.2) is 6.54 Å². The molecule has 2 nitrogen and oxygen atoms in total. The standard InChI is InChI=1S/C14H16N2S/c1-10-6-12-2-4-16(14(12)7-13(10)15)8-11-3-5-17-9-11/h3,5-7,9H,2,4,8,15H2,1H3. The average Bonchev–Trinajstić information content (AvgIpc) is 2.92. The molecule has 1 aliphatic rings. The lowest BCUT2D eigenvalue weighted by Crippen LogP contribution is -2.19. The van der Waals surface area contributed by atoms with Crippen LogP contribution in [0.15, 0.2) is 29.0 Å². The highest BCUT2D eigenvalue weighted by Crippen LogP contribution is 2.33. The van der Waals surface area contributed by atoms with Gasteiger partial charge in [0, 0.05) is 24.5 Å². The van der Waals surface area contributed by atoms with E-state index in [4.69, 9.17) is 5.73 Å². The highest BCUT2D eigenvalue weighted by atomic mass is 32.1. The fourth-order valence-corrected chi connectivity index (χ4v) is 3.07. The van der Waals surface area contributed by atoms with Crippen molar-refractivity contribution in [2.24, 2.45) is 0 Å². The second kappa shape index (κ2) is 4.08. The topological polar surface area (TPSA) is 29.3 Å². The van der Waals surface area contributed by atoms with E-state index in [1.807, 2.05) is 0 Å². The predicted molar refractivity (Wildman–Crippen MR) is 74.7 cm³/mol. The minimum absolute atomic E-state index is 0.904. The summed E-state index contributed by atoms with van der Waals surface area (Å²) in [5, 5.41) is 4.35. The molecule has 17 heavy (non-hydrogen) atoms. The lowest BCUT2D eigenvalue weighted by Gasteiger charge is -2.19. The van der Waals surface area contributed by atoms with Crippen molar-refractivity contribution in [1.82, 2.24) is 0 Å². The van der Waals surface area contributed by atoms with Crippen LogP contribution in [-0.2, 0) is 13.0 Å². The van der Waals surface area contributed by atoms with Crippen molar-refractivity contribution in [3.05, 3.63) is 45.6 Å². The lowest BCUT2D eigenvalue weighted by molar-refractivity contribution is 0.838. The molecule has 0 radical (unpaired) electrons. The van der Waals surface area contributed by atoms with Gasteiger partial charge in [0.15, 0.2) is 0 Å². The molecule has 3 rings (SSSR count). The molecule has 1 aliphatic heterocycles. The summed E-state index contributed by atoms with van der Waals surface area (Å²) in [6.07, 6.45) is 1.14. The molecule has 0 saturated carbocycles. The van der Waals surface area contributed by atoms with Crippen molar-refractivity contribution in [2.45, 2.75) is 19.9 Å². The Bertz CT molecular complexity index is 531. The minimum atomic E-state index is 0.904. The number of aryl methyl sites for hydroxylation is 1. The Morgan fingerprint density at radius 1 is 1.41 bits per heavy atom. The molecule has 2 aromatic rings. The van der Waals surface area contributed by atoms with Gasteiger partial charge in [-0.05, 0) is 52.9 Å². The molecule has 0 fully saturated rings. The molecule has 0 amide bonds. The van der Waals surface area contributed by atoms with Crippen molar-refractivity contribution in [1.29, 1.82) is 0 Å². The Labute approximate surface area is 106 Å². The maximum Gasteiger partial charge on any atom is 0.0437 e. The Balaban J connectivity index is 1.90. The van der Waals surface area contributed by atoms with Gasteiger partial charge in [0.25, 0.3) is 0 Å². The maximum absolute atomic E-state index is 6.00. The summed E-state index contributed by atoms with van der Waals surface area (Å²) >= 11 is 1.76. The molecule has 88 valence electrons. The zero-order valence-corrected chi connectivity index (χ0v) is 10.8. The van der Waals surface area contributed by atoms with Crippen molar-refractivity contribution >= 4 is 22.7 Å². The molecule has 0 unspecified atom stereocenters. The van der Waals surface area contributed by atoms with E-state index < -0.39 is 0 Å². The van der Waals surface area contributed by atoms with Crippen LogP contribution in [0.5, 0.6) is 0 Å². The zero-order chi connectivity index (χ0) is 11.8. The van der Waals surface area contributed by atoms with Crippen LogP contribution in [0.2, 0.25) is 0 Å². The highest BCUT2D eigenvalue weighted by Gasteiger charge is 2.20. The van der Waals surface area contributed by atoms with Crippen molar-refractivity contribution in [3.8, 4) is 0 Å². The van der Waals surface area contributed by atoms with Crippen LogP contribution >= 0.6 is 11.3 Å². The summed E-state index contributed by atoms with van der Waals surface area (Å²) in [4.78, 5) is 2.42. The van der Waals surface area contributed by atoms with E-state index in [-0.39, 0.29) is 0 Å². The third-order valence-corrected chi connectivity index (χ3v) is 4.14. The Kier molecular flexibility index (Phi) is 2.56. The molecule has 2 N–H and O–H groups in total. The Morgan fingerprint density at radius 2 is 2.29 bits per heavy atom. The number of hydrogen-bond donors (Lipinski definition) is 1. The zero-order valence-electron chi connectivity index (χ0n) is 9.94. The number of anilines is 2. The van der Waals surface area contributed by atoms with Gasteiger partial charge in [0.05, 0.1) is 0 Å². The molecule has 0 atom stereocenters. The molecule has 3 heteroatoms. The molecule has 0 saturated heterocycles. The Morgan fingerprint density at radius 3 is 3.06 bits per heavy atom. The van der Waals surface area contributed by atoms with E-state index in [1.165, 1.54) is 22.4 Å². The van der Waals surface area contributed by atoms with Gasteiger partial charge in [0.2, 0.25) is 0 Å². The third-order valence-electron chi connectivity index (χ3n) is 3.41. The molecular weight excluding hydrogens is 228 g/mol. The first-order chi connectivity index (χ1) is 8.24. The molecule has 2 heterocycles. The molecule has 0 aliphatic carbocycles. The van der Waals surface area contributed by atoms with Gasteiger partial charge in [-0.1, -0.05) is 6.07 Å². The van der Waals surface area contributed by atoms with E-state index in [0.717, 1.165) is 25.2 Å². The quantitative estimate of drug-likeness (QED) is 0.822. The van der Waals surface area contributed by atoms with Crippen molar-refractivity contribution in [3.63, 3.8) is 0 Å². The molecular formula is C14H16N2S. The van der Waals surface area contributed by atoms with E-state index in [1.54, 1.807) is 11.3 Å². The first kappa shape index (κ1) is 10.7. The van der Waals surface area contributed by atoms with E-state index >= 15 is 0 Å². The highest BCUT2D eigenvalue weighted by molar-refractivity contribution is 7.07. The van der Waals surface area contributed by atoms with Gasteiger partial charge in [-0.3, -0.25) is 0 Å². The summed E-state index contributed by atoms with van der Waals surface area (Å²) in [6, 6.07) is 6.56. The van der Waals surface area contributed by atoms with Crippen LogP contribution in [0.25, 0.3) is 0 Å². The number of fused-ring (bicyclic) bond motifs is 1. The minimum Gasteiger partial charge on any atom is -0.398 e. The fourth-order valence-electron chi connectivity index (χ4n) is 2.41. The van der Waals surface area contributed by atoms with Crippen LogP contribution in [0.4, 0.5) is 11.4 Å². The van der Waals surface area contributed by atoms with Gasteiger partial charge < -0.3 is 10.6 Å². The monoisotopic (exact) mass is 244 g/mol. The van der Waals surface area contributed by atoms with Gasteiger partial charge in [-0.25, -0.2) is 0 Å². The van der Waals surface area contributed by atoms with Crippen LogP contribution in [0.1, 0.15) is 16.7 Å². The number of nitrogens with two attached hydrogens (primary N) is 1. The molecule has 0 spiro atoms. The van der Waals surface area contributed by atoms with Crippen LogP contribution in [0.3, 0.4) is 0 Å². The largest absolute Gasteiger partial charge is 0.398 e. The first-order valence-electron chi connectivity index (χ1n) is 5.89. The second-order valence-electron chi connectivity index (χ2n) is 4.64. The predicted octanol–water partition coefficient (Wildman–Crippen LogP) is 3.20. The number of hydrogen-bond acceptors (Lipinski definition) is 3. The average molecular weight is 244 g/mol. The summed E-state index contributed by atoms with van der Waals surface area (Å²) in [6.45, 7) is 4.18. The normalized spacial score (nSPS) is 14.1. The van der Waals surface area contributed by atoms with Crippen molar-refractivity contribution in [2.75, 3.05) is 17.2 Å². The second-order valence-corrected chi connectivity index (χ2v) is 5.42. The summed E-state index contributed by atoms with van der Waals surface area (Å²) in [7, 11) is 0. The van der Waals surface area contributed by atoms with Gasteiger partial charge >= 0.3 is 0 Å².